The number of hydrogen-bond acceptors (Lipinski definition) is 3. The van der Waals surface area contributed by atoms with Crippen molar-refractivity contribution in [3.05, 3.63) is 52.6 Å². The topological polar surface area (TPSA) is 63.3 Å². The summed E-state index contributed by atoms with van der Waals surface area (Å²) in [4.78, 5) is 15.5. The molecule has 0 aliphatic rings. The molecule has 0 saturated carbocycles. The molecule has 0 aliphatic heterocycles. The monoisotopic (exact) mass is 281 g/mol. The van der Waals surface area contributed by atoms with Crippen LogP contribution in [0.3, 0.4) is 0 Å². The summed E-state index contributed by atoms with van der Waals surface area (Å²) in [6, 6.07) is 8.87. The number of aromatic nitrogens is 1. The molecular weight excluding hydrogens is 266 g/mol. The molecule has 4 heteroatoms. The van der Waals surface area contributed by atoms with Crippen LogP contribution in [-0.4, -0.2) is 16.1 Å². The molecule has 106 valence electrons. The lowest BCUT2D eigenvalue weighted by atomic mass is 10.00. The minimum absolute atomic E-state index is 0.208. The van der Waals surface area contributed by atoms with Gasteiger partial charge < -0.3 is 9.52 Å². The number of aromatic carboxylic acids is 1. The second kappa shape index (κ2) is 4.74. The van der Waals surface area contributed by atoms with Crippen LogP contribution in [0.4, 0.5) is 0 Å². The second-order valence-corrected chi connectivity index (χ2v) is 5.28. The Balaban J connectivity index is 2.20. The summed E-state index contributed by atoms with van der Waals surface area (Å²) in [5.74, 6) is -0.438. The lowest BCUT2D eigenvalue weighted by Crippen LogP contribution is -1.94. The average Bonchev–Trinajstić information content (AvgIpc) is 2.79. The zero-order valence-electron chi connectivity index (χ0n) is 12.1. The van der Waals surface area contributed by atoms with Crippen LogP contribution in [0.25, 0.3) is 22.6 Å². The van der Waals surface area contributed by atoms with Gasteiger partial charge in [0.2, 0.25) is 5.89 Å². The first-order valence-electron chi connectivity index (χ1n) is 6.68. The van der Waals surface area contributed by atoms with E-state index in [1.807, 2.05) is 13.8 Å². The van der Waals surface area contributed by atoms with E-state index < -0.39 is 5.97 Å². The number of oxazole rings is 1. The molecule has 21 heavy (non-hydrogen) atoms. The Morgan fingerprint density at radius 3 is 2.38 bits per heavy atom. The van der Waals surface area contributed by atoms with Gasteiger partial charge in [-0.3, -0.25) is 0 Å². The van der Waals surface area contributed by atoms with Crippen molar-refractivity contribution in [3.8, 4) is 11.5 Å². The van der Waals surface area contributed by atoms with Gasteiger partial charge in [0, 0.05) is 5.56 Å². The fraction of sp³-hybridized carbons (Fsp3) is 0.176. The highest BCUT2D eigenvalue weighted by Crippen LogP contribution is 2.30. The van der Waals surface area contributed by atoms with Gasteiger partial charge in [-0.2, -0.15) is 0 Å². The quantitative estimate of drug-likeness (QED) is 0.767. The Morgan fingerprint density at radius 1 is 1.10 bits per heavy atom. The molecule has 1 heterocycles. The maximum absolute atomic E-state index is 11.0. The van der Waals surface area contributed by atoms with Crippen molar-refractivity contribution in [2.24, 2.45) is 0 Å². The fourth-order valence-corrected chi connectivity index (χ4v) is 2.68. The number of aryl methyl sites for hydroxylation is 3. The van der Waals surface area contributed by atoms with E-state index in [9.17, 15) is 4.79 Å². The van der Waals surface area contributed by atoms with E-state index in [0.717, 1.165) is 16.7 Å². The van der Waals surface area contributed by atoms with Crippen molar-refractivity contribution in [1.29, 1.82) is 0 Å². The van der Waals surface area contributed by atoms with Crippen LogP contribution in [0.5, 0.6) is 0 Å². The number of hydrogen-bond donors (Lipinski definition) is 1. The molecule has 0 radical (unpaired) electrons. The maximum Gasteiger partial charge on any atom is 0.335 e. The van der Waals surface area contributed by atoms with Crippen LogP contribution in [0.15, 0.2) is 34.7 Å². The minimum atomic E-state index is -0.968. The third kappa shape index (κ3) is 2.29. The molecule has 0 amide bonds. The average molecular weight is 281 g/mol. The molecule has 0 unspecified atom stereocenters. The molecule has 3 aromatic rings. The summed E-state index contributed by atoms with van der Waals surface area (Å²) in [7, 11) is 0. The molecule has 0 atom stereocenters. The highest BCUT2D eigenvalue weighted by molar-refractivity contribution is 5.92. The van der Waals surface area contributed by atoms with Gasteiger partial charge in [-0.15, -0.1) is 0 Å². The molecule has 2 aromatic carbocycles. The van der Waals surface area contributed by atoms with Crippen LogP contribution in [0.2, 0.25) is 0 Å². The number of nitrogens with zero attached hydrogens (tertiary/aromatic N) is 1. The smallest absolute Gasteiger partial charge is 0.335 e. The molecule has 0 fully saturated rings. The van der Waals surface area contributed by atoms with Crippen LogP contribution >= 0.6 is 0 Å². The second-order valence-electron chi connectivity index (χ2n) is 5.28. The molecule has 1 aromatic heterocycles. The molecule has 0 spiro atoms. The highest BCUT2D eigenvalue weighted by atomic mass is 16.4. The predicted octanol–water partition coefficient (Wildman–Crippen LogP) is 4.12. The number of fused-ring (bicyclic) bond motifs is 1. The zero-order chi connectivity index (χ0) is 15.1. The van der Waals surface area contributed by atoms with E-state index in [2.05, 4.69) is 24.0 Å². The zero-order valence-corrected chi connectivity index (χ0v) is 12.1. The van der Waals surface area contributed by atoms with Crippen molar-refractivity contribution in [3.63, 3.8) is 0 Å². The first-order chi connectivity index (χ1) is 9.95. The van der Waals surface area contributed by atoms with Crippen molar-refractivity contribution in [1.82, 2.24) is 4.98 Å². The third-order valence-corrected chi connectivity index (χ3v) is 3.53. The summed E-state index contributed by atoms with van der Waals surface area (Å²) in [5.41, 5.74) is 5.71. The van der Waals surface area contributed by atoms with E-state index in [4.69, 9.17) is 9.52 Å². The van der Waals surface area contributed by atoms with Crippen molar-refractivity contribution >= 4 is 17.1 Å². The normalized spacial score (nSPS) is 11.0. The number of carboxylic acid groups (broad SMARTS) is 1. The first-order valence-corrected chi connectivity index (χ1v) is 6.68. The summed E-state index contributed by atoms with van der Waals surface area (Å²) in [6.07, 6.45) is 0. The van der Waals surface area contributed by atoms with Gasteiger partial charge in [0.05, 0.1) is 5.56 Å². The minimum Gasteiger partial charge on any atom is -0.478 e. The lowest BCUT2D eigenvalue weighted by molar-refractivity contribution is 0.0697. The SMILES string of the molecule is Cc1cc(C)c(-c2nc3cc(C(=O)O)ccc3o2)c(C)c1. The number of carboxylic acids is 1. The molecule has 1 N–H and O–H groups in total. The standard InChI is InChI=1S/C17H15NO3/c1-9-6-10(2)15(11(3)7-9)16-18-13-8-12(17(19)20)4-5-14(13)21-16/h4-8H,1-3H3,(H,19,20). The van der Waals surface area contributed by atoms with Crippen molar-refractivity contribution < 1.29 is 14.3 Å². The Bertz CT molecular complexity index is 839. The van der Waals surface area contributed by atoms with E-state index in [1.54, 1.807) is 6.07 Å². The van der Waals surface area contributed by atoms with Crippen LogP contribution in [0.1, 0.15) is 27.0 Å². The van der Waals surface area contributed by atoms with E-state index in [-0.39, 0.29) is 5.56 Å². The van der Waals surface area contributed by atoms with Gasteiger partial charge in [-0.05, 0) is 50.1 Å². The third-order valence-electron chi connectivity index (χ3n) is 3.53. The van der Waals surface area contributed by atoms with Gasteiger partial charge >= 0.3 is 5.97 Å². The van der Waals surface area contributed by atoms with E-state index in [1.165, 1.54) is 17.7 Å². The van der Waals surface area contributed by atoms with Crippen molar-refractivity contribution in [2.75, 3.05) is 0 Å². The van der Waals surface area contributed by atoms with Gasteiger partial charge in [-0.25, -0.2) is 9.78 Å². The van der Waals surface area contributed by atoms with Gasteiger partial charge in [0.15, 0.2) is 5.58 Å². The van der Waals surface area contributed by atoms with Crippen LogP contribution < -0.4 is 0 Å². The summed E-state index contributed by atoms with van der Waals surface area (Å²) in [5, 5.41) is 9.03. The van der Waals surface area contributed by atoms with E-state index in [0.29, 0.717) is 17.0 Å². The number of rotatable bonds is 2. The lowest BCUT2D eigenvalue weighted by Gasteiger charge is -2.07. The maximum atomic E-state index is 11.0. The van der Waals surface area contributed by atoms with E-state index >= 15 is 0 Å². The Labute approximate surface area is 122 Å². The largest absolute Gasteiger partial charge is 0.478 e. The molecular formula is C17H15NO3. The predicted molar refractivity (Wildman–Crippen MR) is 80.6 cm³/mol. The van der Waals surface area contributed by atoms with Gasteiger partial charge in [0.25, 0.3) is 0 Å². The Morgan fingerprint density at radius 2 is 1.76 bits per heavy atom. The summed E-state index contributed by atoms with van der Waals surface area (Å²) >= 11 is 0. The fourth-order valence-electron chi connectivity index (χ4n) is 2.68. The van der Waals surface area contributed by atoms with Crippen LogP contribution in [0, 0.1) is 20.8 Å². The number of benzene rings is 2. The Hall–Kier alpha value is -2.62. The van der Waals surface area contributed by atoms with Crippen LogP contribution in [-0.2, 0) is 0 Å². The van der Waals surface area contributed by atoms with Gasteiger partial charge in [-0.1, -0.05) is 17.7 Å². The summed E-state index contributed by atoms with van der Waals surface area (Å²) < 4.78 is 5.79. The molecule has 3 rings (SSSR count). The Kier molecular flexibility index (Phi) is 3.01. The molecule has 0 aliphatic carbocycles. The first kappa shape index (κ1) is 13.4. The molecule has 0 bridgehead atoms. The summed E-state index contributed by atoms with van der Waals surface area (Å²) in [6.45, 7) is 6.09. The van der Waals surface area contributed by atoms with Gasteiger partial charge in [0.1, 0.15) is 5.52 Å². The van der Waals surface area contributed by atoms with Crippen molar-refractivity contribution in [2.45, 2.75) is 20.8 Å². The molecule has 4 nitrogen and oxygen atoms in total. The molecule has 0 saturated heterocycles. The highest BCUT2D eigenvalue weighted by Gasteiger charge is 2.15. The number of carbonyl (C=O) groups is 1.